The van der Waals surface area contributed by atoms with E-state index in [1.165, 1.54) is 9.13 Å². The SMILES string of the molecule is Cc1ccc(CC(=O)N/N=C\c2ccc(I)cc2)c(C)c1. The van der Waals surface area contributed by atoms with Crippen molar-refractivity contribution >= 4 is 34.7 Å². The van der Waals surface area contributed by atoms with Gasteiger partial charge in [0.1, 0.15) is 0 Å². The van der Waals surface area contributed by atoms with E-state index in [1.54, 1.807) is 6.21 Å². The zero-order valence-corrected chi connectivity index (χ0v) is 14.2. The summed E-state index contributed by atoms with van der Waals surface area (Å²) in [6.45, 7) is 4.06. The number of nitrogens with one attached hydrogen (secondary N) is 1. The molecular formula is C17H17IN2O. The van der Waals surface area contributed by atoms with E-state index in [0.717, 1.165) is 16.7 Å². The first-order valence-electron chi connectivity index (χ1n) is 6.68. The summed E-state index contributed by atoms with van der Waals surface area (Å²) in [5.74, 6) is -0.108. The fraction of sp³-hybridized carbons (Fsp3) is 0.176. The van der Waals surface area contributed by atoms with Gasteiger partial charge in [-0.2, -0.15) is 5.10 Å². The Bertz CT molecular complexity index is 663. The molecule has 0 radical (unpaired) electrons. The van der Waals surface area contributed by atoms with E-state index in [-0.39, 0.29) is 5.91 Å². The molecule has 0 aromatic heterocycles. The molecule has 0 heterocycles. The third-order valence-corrected chi connectivity index (χ3v) is 3.84. The van der Waals surface area contributed by atoms with E-state index in [0.29, 0.717) is 6.42 Å². The van der Waals surface area contributed by atoms with Crippen molar-refractivity contribution in [2.75, 3.05) is 0 Å². The zero-order chi connectivity index (χ0) is 15.2. The molecule has 4 heteroatoms. The highest BCUT2D eigenvalue weighted by atomic mass is 127. The molecule has 0 saturated heterocycles. The third-order valence-electron chi connectivity index (χ3n) is 3.12. The van der Waals surface area contributed by atoms with Crippen molar-refractivity contribution in [2.45, 2.75) is 20.3 Å². The van der Waals surface area contributed by atoms with Crippen LogP contribution < -0.4 is 5.43 Å². The Labute approximate surface area is 138 Å². The monoisotopic (exact) mass is 392 g/mol. The summed E-state index contributed by atoms with van der Waals surface area (Å²) >= 11 is 2.25. The predicted molar refractivity (Wildman–Crippen MR) is 94.5 cm³/mol. The highest BCUT2D eigenvalue weighted by molar-refractivity contribution is 14.1. The van der Waals surface area contributed by atoms with Gasteiger partial charge in [0.05, 0.1) is 12.6 Å². The van der Waals surface area contributed by atoms with Crippen LogP contribution in [-0.2, 0) is 11.2 Å². The number of hydrazone groups is 1. The fourth-order valence-electron chi connectivity index (χ4n) is 1.98. The number of carbonyl (C=O) groups excluding carboxylic acids is 1. The van der Waals surface area contributed by atoms with E-state index in [4.69, 9.17) is 0 Å². The molecule has 3 nitrogen and oxygen atoms in total. The van der Waals surface area contributed by atoms with E-state index < -0.39 is 0 Å². The highest BCUT2D eigenvalue weighted by Crippen LogP contribution is 2.11. The lowest BCUT2D eigenvalue weighted by Crippen LogP contribution is -2.20. The molecule has 0 bridgehead atoms. The molecule has 0 unspecified atom stereocenters. The summed E-state index contributed by atoms with van der Waals surface area (Å²) in [7, 11) is 0. The minimum atomic E-state index is -0.108. The summed E-state index contributed by atoms with van der Waals surface area (Å²) in [5, 5.41) is 3.99. The molecule has 1 amide bonds. The van der Waals surface area contributed by atoms with E-state index >= 15 is 0 Å². The maximum atomic E-state index is 11.9. The molecule has 21 heavy (non-hydrogen) atoms. The third kappa shape index (κ3) is 4.97. The molecule has 2 aromatic carbocycles. The van der Waals surface area contributed by atoms with E-state index in [1.807, 2.05) is 50.2 Å². The Morgan fingerprint density at radius 1 is 1.19 bits per heavy atom. The largest absolute Gasteiger partial charge is 0.273 e. The first-order chi connectivity index (χ1) is 10.0. The van der Waals surface area contributed by atoms with Gasteiger partial charge in [0.15, 0.2) is 0 Å². The van der Waals surface area contributed by atoms with Crippen molar-refractivity contribution in [2.24, 2.45) is 5.10 Å². The van der Waals surface area contributed by atoms with Crippen LogP contribution in [0.4, 0.5) is 0 Å². The van der Waals surface area contributed by atoms with Gasteiger partial charge in [-0.1, -0.05) is 35.9 Å². The molecule has 0 fully saturated rings. The van der Waals surface area contributed by atoms with Crippen molar-refractivity contribution in [3.63, 3.8) is 0 Å². The van der Waals surface area contributed by atoms with Gasteiger partial charge in [-0.15, -0.1) is 0 Å². The quantitative estimate of drug-likeness (QED) is 0.482. The summed E-state index contributed by atoms with van der Waals surface area (Å²) < 4.78 is 1.17. The molecule has 0 spiro atoms. The van der Waals surface area contributed by atoms with Crippen LogP contribution in [0, 0.1) is 17.4 Å². The first kappa shape index (κ1) is 15.7. The van der Waals surface area contributed by atoms with Crippen LogP contribution in [-0.4, -0.2) is 12.1 Å². The second-order valence-corrected chi connectivity index (χ2v) is 6.20. The van der Waals surface area contributed by atoms with Crippen LogP contribution in [0.1, 0.15) is 22.3 Å². The number of rotatable bonds is 4. The standard InChI is InChI=1S/C17H17IN2O/c1-12-3-6-15(13(2)9-12)10-17(21)20-19-11-14-4-7-16(18)8-5-14/h3-9,11H,10H2,1-2H3,(H,20,21)/b19-11-. The molecule has 0 atom stereocenters. The van der Waals surface area contributed by atoms with E-state index in [2.05, 4.69) is 39.2 Å². The number of nitrogens with zero attached hydrogens (tertiary/aromatic N) is 1. The fourth-order valence-corrected chi connectivity index (χ4v) is 2.34. The van der Waals surface area contributed by atoms with Gasteiger partial charge >= 0.3 is 0 Å². The van der Waals surface area contributed by atoms with Gasteiger partial charge < -0.3 is 0 Å². The smallest absolute Gasteiger partial charge is 0.244 e. The van der Waals surface area contributed by atoms with Crippen LogP contribution in [0.3, 0.4) is 0 Å². The van der Waals surface area contributed by atoms with Crippen molar-refractivity contribution in [1.29, 1.82) is 0 Å². The molecule has 0 aliphatic heterocycles. The van der Waals surface area contributed by atoms with Gasteiger partial charge in [-0.05, 0) is 65.3 Å². The van der Waals surface area contributed by atoms with Crippen LogP contribution >= 0.6 is 22.6 Å². The van der Waals surface area contributed by atoms with Crippen LogP contribution in [0.25, 0.3) is 0 Å². The topological polar surface area (TPSA) is 41.5 Å². The second-order valence-electron chi connectivity index (χ2n) is 4.95. The number of carbonyl (C=O) groups is 1. The average molecular weight is 392 g/mol. The molecule has 2 rings (SSSR count). The molecular weight excluding hydrogens is 375 g/mol. The second kappa shape index (κ2) is 7.36. The summed E-state index contributed by atoms with van der Waals surface area (Å²) in [6, 6.07) is 14.0. The number of hydrogen-bond donors (Lipinski definition) is 1. The summed E-state index contributed by atoms with van der Waals surface area (Å²) in [6.07, 6.45) is 1.99. The maximum absolute atomic E-state index is 11.9. The predicted octanol–water partition coefficient (Wildman–Crippen LogP) is 3.60. The Morgan fingerprint density at radius 3 is 2.57 bits per heavy atom. The normalized spacial score (nSPS) is 10.8. The van der Waals surface area contributed by atoms with Crippen LogP contribution in [0.5, 0.6) is 0 Å². The van der Waals surface area contributed by atoms with Gasteiger partial charge in [-0.3, -0.25) is 4.79 Å². The van der Waals surface area contributed by atoms with Crippen molar-refractivity contribution < 1.29 is 4.79 Å². The number of hydrogen-bond acceptors (Lipinski definition) is 2. The Morgan fingerprint density at radius 2 is 1.90 bits per heavy atom. The number of halogens is 1. The first-order valence-corrected chi connectivity index (χ1v) is 7.76. The minimum Gasteiger partial charge on any atom is -0.273 e. The van der Waals surface area contributed by atoms with Crippen molar-refractivity contribution in [1.82, 2.24) is 5.43 Å². The molecule has 0 aliphatic rings. The number of benzene rings is 2. The Kier molecular flexibility index (Phi) is 5.50. The minimum absolute atomic E-state index is 0.108. The van der Waals surface area contributed by atoms with Gasteiger partial charge in [-0.25, -0.2) is 5.43 Å². The van der Waals surface area contributed by atoms with Crippen LogP contribution in [0.2, 0.25) is 0 Å². The number of aryl methyl sites for hydroxylation is 2. The van der Waals surface area contributed by atoms with Gasteiger partial charge in [0.25, 0.3) is 0 Å². The maximum Gasteiger partial charge on any atom is 0.244 e. The van der Waals surface area contributed by atoms with E-state index in [9.17, 15) is 4.79 Å². The van der Waals surface area contributed by atoms with Crippen molar-refractivity contribution in [3.8, 4) is 0 Å². The van der Waals surface area contributed by atoms with Crippen LogP contribution in [0.15, 0.2) is 47.6 Å². The Balaban J connectivity index is 1.91. The lowest BCUT2D eigenvalue weighted by molar-refractivity contribution is -0.120. The lowest BCUT2D eigenvalue weighted by Gasteiger charge is -2.05. The highest BCUT2D eigenvalue weighted by Gasteiger charge is 2.04. The Hall–Kier alpha value is -1.69. The lowest BCUT2D eigenvalue weighted by atomic mass is 10.0. The van der Waals surface area contributed by atoms with Crippen molar-refractivity contribution in [3.05, 3.63) is 68.3 Å². The molecule has 0 aliphatic carbocycles. The average Bonchev–Trinajstić information content (AvgIpc) is 2.44. The number of amides is 1. The van der Waals surface area contributed by atoms with Gasteiger partial charge in [0.2, 0.25) is 5.91 Å². The summed E-state index contributed by atoms with van der Waals surface area (Å²) in [5.41, 5.74) is 6.89. The summed E-state index contributed by atoms with van der Waals surface area (Å²) in [4.78, 5) is 11.9. The molecule has 1 N–H and O–H groups in total. The molecule has 0 saturated carbocycles. The zero-order valence-electron chi connectivity index (χ0n) is 12.1. The molecule has 108 valence electrons. The molecule has 2 aromatic rings. The van der Waals surface area contributed by atoms with Gasteiger partial charge in [0, 0.05) is 3.57 Å².